The van der Waals surface area contributed by atoms with Gasteiger partial charge in [0.25, 0.3) is 0 Å². The molecule has 0 fully saturated rings. The minimum absolute atomic E-state index is 0.0261. The van der Waals surface area contributed by atoms with E-state index in [0.717, 1.165) is 36.3 Å². The van der Waals surface area contributed by atoms with Crippen LogP contribution in [0.1, 0.15) is 33.5 Å². The fraction of sp³-hybridized carbons (Fsp3) is 0.235. The fourth-order valence-electron chi connectivity index (χ4n) is 2.45. The zero-order valence-corrected chi connectivity index (χ0v) is 12.0. The lowest BCUT2D eigenvalue weighted by Crippen LogP contribution is -2.10. The molecule has 0 N–H and O–H groups in total. The summed E-state index contributed by atoms with van der Waals surface area (Å²) in [6, 6.07) is 11.0. The van der Waals surface area contributed by atoms with Crippen LogP contribution in [0.4, 0.5) is 0 Å². The number of rotatable bonds is 2. The molecule has 2 aromatic rings. The Hall–Kier alpha value is -1.80. The average molecular weight is 287 g/mol. The normalized spacial score (nSPS) is 13.5. The molecule has 0 atom stereocenters. The van der Waals surface area contributed by atoms with E-state index in [9.17, 15) is 4.79 Å². The molecule has 1 heterocycles. The summed E-state index contributed by atoms with van der Waals surface area (Å²) in [5, 5.41) is 0.681. The summed E-state index contributed by atoms with van der Waals surface area (Å²) in [6.07, 6.45) is 1.97. The molecule has 0 saturated carbocycles. The van der Waals surface area contributed by atoms with E-state index in [1.165, 1.54) is 0 Å². The minimum atomic E-state index is 0.0261. The molecule has 0 spiro atoms. The van der Waals surface area contributed by atoms with Gasteiger partial charge in [0.2, 0.25) is 0 Å². The maximum atomic E-state index is 12.5. The molecule has 0 aliphatic carbocycles. The summed E-state index contributed by atoms with van der Waals surface area (Å²) in [6.45, 7) is 2.66. The quantitative estimate of drug-likeness (QED) is 0.773. The first-order valence-electron chi connectivity index (χ1n) is 6.72. The Morgan fingerprint density at radius 1 is 1.15 bits per heavy atom. The topological polar surface area (TPSA) is 26.3 Å². The number of carbonyl (C=O) groups is 1. The molecule has 102 valence electrons. The lowest BCUT2D eigenvalue weighted by molar-refractivity contribution is 0.103. The Morgan fingerprint density at radius 2 is 1.90 bits per heavy atom. The first-order valence-corrected chi connectivity index (χ1v) is 7.09. The number of hydrogen-bond acceptors (Lipinski definition) is 2. The monoisotopic (exact) mass is 286 g/mol. The number of hydrogen-bond donors (Lipinski definition) is 0. The number of halogens is 1. The third-order valence-electron chi connectivity index (χ3n) is 3.59. The molecule has 0 unspecified atom stereocenters. The molecule has 0 radical (unpaired) electrons. The average Bonchev–Trinajstić information content (AvgIpc) is 2.49. The summed E-state index contributed by atoms with van der Waals surface area (Å²) in [4.78, 5) is 12.5. The molecule has 1 aliphatic rings. The van der Waals surface area contributed by atoms with Crippen LogP contribution >= 0.6 is 11.6 Å². The van der Waals surface area contributed by atoms with Gasteiger partial charge in [0.05, 0.1) is 6.61 Å². The van der Waals surface area contributed by atoms with Crippen LogP contribution < -0.4 is 4.74 Å². The van der Waals surface area contributed by atoms with E-state index in [-0.39, 0.29) is 5.78 Å². The molecule has 0 amide bonds. The van der Waals surface area contributed by atoms with Crippen LogP contribution in [0.25, 0.3) is 0 Å². The predicted molar refractivity (Wildman–Crippen MR) is 79.9 cm³/mol. The number of carbonyl (C=O) groups excluding carboxylic acids is 1. The Bertz CT molecular complexity index is 677. The highest BCUT2D eigenvalue weighted by Crippen LogP contribution is 2.27. The predicted octanol–water partition coefficient (Wildman–Crippen LogP) is 4.20. The van der Waals surface area contributed by atoms with Crippen LogP contribution in [-0.4, -0.2) is 12.4 Å². The summed E-state index contributed by atoms with van der Waals surface area (Å²) >= 11 is 6.00. The molecule has 2 aromatic carbocycles. The first kappa shape index (κ1) is 13.2. The van der Waals surface area contributed by atoms with Gasteiger partial charge in [0.1, 0.15) is 5.75 Å². The number of ketones is 1. The molecular weight excluding hydrogens is 272 g/mol. The molecule has 0 saturated heterocycles. The Labute approximate surface area is 123 Å². The van der Waals surface area contributed by atoms with Gasteiger partial charge in [-0.05, 0) is 67.3 Å². The summed E-state index contributed by atoms with van der Waals surface area (Å²) in [7, 11) is 0. The number of benzene rings is 2. The van der Waals surface area contributed by atoms with E-state index in [1.54, 1.807) is 12.1 Å². The third kappa shape index (κ3) is 2.44. The Balaban J connectivity index is 1.95. The van der Waals surface area contributed by atoms with Crippen molar-refractivity contribution in [2.45, 2.75) is 19.8 Å². The van der Waals surface area contributed by atoms with Crippen molar-refractivity contribution in [3.8, 4) is 5.75 Å². The lowest BCUT2D eigenvalue weighted by Gasteiger charge is -2.17. The molecule has 0 aromatic heterocycles. The van der Waals surface area contributed by atoms with Gasteiger partial charge in [0.15, 0.2) is 5.78 Å². The van der Waals surface area contributed by atoms with E-state index < -0.39 is 0 Å². The molecule has 20 heavy (non-hydrogen) atoms. The second kappa shape index (κ2) is 5.29. The van der Waals surface area contributed by atoms with Gasteiger partial charge in [-0.3, -0.25) is 4.79 Å². The summed E-state index contributed by atoms with van der Waals surface area (Å²) in [5.74, 6) is 0.929. The van der Waals surface area contributed by atoms with Crippen LogP contribution in [-0.2, 0) is 6.42 Å². The third-order valence-corrected chi connectivity index (χ3v) is 4.01. The highest BCUT2D eigenvalue weighted by atomic mass is 35.5. The van der Waals surface area contributed by atoms with Crippen LogP contribution in [0, 0.1) is 6.92 Å². The first-order chi connectivity index (χ1) is 9.65. The second-order valence-electron chi connectivity index (χ2n) is 5.07. The summed E-state index contributed by atoms with van der Waals surface area (Å²) < 4.78 is 5.57. The zero-order valence-electron chi connectivity index (χ0n) is 11.3. The maximum Gasteiger partial charge on any atom is 0.193 e. The number of fused-ring (bicyclic) bond motifs is 1. The van der Waals surface area contributed by atoms with Crippen LogP contribution in [0.5, 0.6) is 5.75 Å². The van der Waals surface area contributed by atoms with Crippen molar-refractivity contribution in [3.05, 3.63) is 63.7 Å². The van der Waals surface area contributed by atoms with Gasteiger partial charge in [-0.15, -0.1) is 0 Å². The van der Waals surface area contributed by atoms with E-state index in [1.807, 2.05) is 31.2 Å². The zero-order chi connectivity index (χ0) is 14.1. The molecular formula is C17H15ClO2. The van der Waals surface area contributed by atoms with E-state index in [0.29, 0.717) is 16.1 Å². The van der Waals surface area contributed by atoms with Crippen molar-refractivity contribution in [3.63, 3.8) is 0 Å². The van der Waals surface area contributed by atoms with Gasteiger partial charge < -0.3 is 4.74 Å². The lowest BCUT2D eigenvalue weighted by atomic mass is 9.97. The molecule has 2 nitrogen and oxygen atoms in total. The van der Waals surface area contributed by atoms with Crippen LogP contribution in [0.2, 0.25) is 5.02 Å². The largest absolute Gasteiger partial charge is 0.493 e. The Morgan fingerprint density at radius 3 is 2.70 bits per heavy atom. The summed E-state index contributed by atoms with van der Waals surface area (Å²) in [5.41, 5.74) is 3.41. The van der Waals surface area contributed by atoms with Crippen molar-refractivity contribution in [2.75, 3.05) is 6.61 Å². The maximum absolute atomic E-state index is 12.5. The molecule has 3 heteroatoms. The molecule has 0 bridgehead atoms. The fourth-order valence-corrected chi connectivity index (χ4v) is 2.57. The molecule has 3 rings (SSSR count). The van der Waals surface area contributed by atoms with Crippen LogP contribution in [0.3, 0.4) is 0 Å². The number of aryl methyl sites for hydroxylation is 2. The highest BCUT2D eigenvalue weighted by molar-refractivity contribution is 6.31. The van der Waals surface area contributed by atoms with Crippen LogP contribution in [0.15, 0.2) is 36.4 Å². The SMILES string of the molecule is Cc1cc(C(=O)c2ccc3c(c2)CCCO3)ccc1Cl. The van der Waals surface area contributed by atoms with Gasteiger partial charge in [-0.1, -0.05) is 11.6 Å². The smallest absolute Gasteiger partial charge is 0.193 e. The van der Waals surface area contributed by atoms with Crippen molar-refractivity contribution in [2.24, 2.45) is 0 Å². The van der Waals surface area contributed by atoms with Crippen molar-refractivity contribution in [1.29, 1.82) is 0 Å². The van der Waals surface area contributed by atoms with E-state index >= 15 is 0 Å². The second-order valence-corrected chi connectivity index (χ2v) is 5.47. The Kier molecular flexibility index (Phi) is 3.49. The van der Waals surface area contributed by atoms with Crippen molar-refractivity contribution < 1.29 is 9.53 Å². The van der Waals surface area contributed by atoms with Gasteiger partial charge in [-0.25, -0.2) is 0 Å². The van der Waals surface area contributed by atoms with Crippen molar-refractivity contribution in [1.82, 2.24) is 0 Å². The van der Waals surface area contributed by atoms with E-state index in [2.05, 4.69) is 0 Å². The van der Waals surface area contributed by atoms with E-state index in [4.69, 9.17) is 16.3 Å². The van der Waals surface area contributed by atoms with Gasteiger partial charge >= 0.3 is 0 Å². The highest BCUT2D eigenvalue weighted by Gasteiger charge is 2.15. The standard InChI is InChI=1S/C17H15ClO2/c1-11-9-13(4-6-15(11)18)17(19)14-5-7-16-12(10-14)3-2-8-20-16/h4-7,9-10H,2-3,8H2,1H3. The number of ether oxygens (including phenoxy) is 1. The minimum Gasteiger partial charge on any atom is -0.493 e. The van der Waals surface area contributed by atoms with Gasteiger partial charge in [0, 0.05) is 16.1 Å². The van der Waals surface area contributed by atoms with Crippen molar-refractivity contribution >= 4 is 17.4 Å². The van der Waals surface area contributed by atoms with Gasteiger partial charge in [-0.2, -0.15) is 0 Å². The molecule has 1 aliphatic heterocycles.